The van der Waals surface area contributed by atoms with Crippen LogP contribution in [0, 0.1) is 62.6 Å². The first-order valence-electron chi connectivity index (χ1n) is 20.3. The van der Waals surface area contributed by atoms with Crippen molar-refractivity contribution in [2.45, 2.75) is 132 Å². The molecule has 4 fully saturated rings. The molecule has 12 atom stereocenters. The zero-order chi connectivity index (χ0) is 37.2. The van der Waals surface area contributed by atoms with Crippen LogP contribution in [-0.2, 0) is 30.3 Å². The SMILES string of the molecule is CN[C@](C)(CO[C@H]1[C@H](OC)C[C@@]23COC[C@]1(C)[C@@H]2CC[C@H]1C3=CC[C@@]2(C)[C@H](C(=O)OCc3ccccc3)[C@@](C)([C@H](C)C(C)C)CC[C@]12C)C(C)C. The van der Waals surface area contributed by atoms with Gasteiger partial charge in [0.1, 0.15) is 6.61 Å². The Morgan fingerprint density at radius 1 is 1.00 bits per heavy atom. The van der Waals surface area contributed by atoms with Gasteiger partial charge in [0, 0.05) is 23.5 Å². The summed E-state index contributed by atoms with van der Waals surface area (Å²) in [6.45, 7) is 26.1. The smallest absolute Gasteiger partial charge is 0.310 e. The predicted molar refractivity (Wildman–Crippen MR) is 205 cm³/mol. The van der Waals surface area contributed by atoms with Crippen molar-refractivity contribution >= 4 is 5.97 Å². The monoisotopic (exact) mass is 706 g/mol. The van der Waals surface area contributed by atoms with E-state index >= 15 is 0 Å². The summed E-state index contributed by atoms with van der Waals surface area (Å²) in [6.07, 6.45) is 8.84. The molecule has 51 heavy (non-hydrogen) atoms. The van der Waals surface area contributed by atoms with Gasteiger partial charge in [-0.25, -0.2) is 0 Å². The van der Waals surface area contributed by atoms with Gasteiger partial charge >= 0.3 is 5.97 Å². The highest BCUT2D eigenvalue weighted by atomic mass is 16.5. The summed E-state index contributed by atoms with van der Waals surface area (Å²) in [5, 5.41) is 3.55. The molecule has 286 valence electrons. The Balaban J connectivity index is 1.37. The molecule has 0 radical (unpaired) electrons. The third-order valence-electron chi connectivity index (χ3n) is 17.0. The number of hydrogen-bond donors (Lipinski definition) is 1. The minimum absolute atomic E-state index is 0.00776. The molecule has 0 amide bonds. The Morgan fingerprint density at radius 3 is 2.33 bits per heavy atom. The molecule has 0 unspecified atom stereocenters. The normalized spacial score (nSPS) is 42.2. The lowest BCUT2D eigenvalue weighted by Crippen LogP contribution is -2.70. The Labute approximate surface area is 310 Å². The number of rotatable bonds is 11. The van der Waals surface area contributed by atoms with Crippen molar-refractivity contribution in [1.29, 1.82) is 0 Å². The minimum atomic E-state index is -0.233. The van der Waals surface area contributed by atoms with Crippen LogP contribution >= 0.6 is 0 Å². The molecule has 6 heteroatoms. The summed E-state index contributed by atoms with van der Waals surface area (Å²) in [4.78, 5) is 14.7. The Bertz CT molecular complexity index is 1440. The molecule has 1 heterocycles. The fourth-order valence-electron chi connectivity index (χ4n) is 12.7. The number of nitrogens with one attached hydrogen (secondary N) is 1. The fourth-order valence-corrected chi connectivity index (χ4v) is 12.7. The number of methoxy groups -OCH3 is 1. The number of likely N-dealkylation sites (N-methyl/N-ethyl adjacent to an activating group) is 1. The topological polar surface area (TPSA) is 66.0 Å². The van der Waals surface area contributed by atoms with Gasteiger partial charge in [-0.1, -0.05) is 104 Å². The number of esters is 1. The van der Waals surface area contributed by atoms with Crippen molar-refractivity contribution in [2.24, 2.45) is 62.6 Å². The van der Waals surface area contributed by atoms with Crippen molar-refractivity contribution < 1.29 is 23.7 Å². The van der Waals surface area contributed by atoms with E-state index < -0.39 is 0 Å². The van der Waals surface area contributed by atoms with Gasteiger partial charge in [-0.05, 0) is 104 Å². The number of ether oxygens (including phenoxy) is 4. The fraction of sp³-hybridized carbons (Fsp3) is 0.800. The van der Waals surface area contributed by atoms with Gasteiger partial charge in [0.15, 0.2) is 0 Å². The zero-order valence-electron chi connectivity index (χ0n) is 34.2. The van der Waals surface area contributed by atoms with Crippen LogP contribution < -0.4 is 5.32 Å². The summed E-state index contributed by atoms with van der Waals surface area (Å²) in [5.74, 6) is 1.95. The van der Waals surface area contributed by atoms with E-state index in [0.29, 0.717) is 49.4 Å². The number of hydrogen-bond acceptors (Lipinski definition) is 6. The van der Waals surface area contributed by atoms with Crippen LogP contribution in [0.3, 0.4) is 0 Å². The predicted octanol–water partition coefficient (Wildman–Crippen LogP) is 9.27. The molecule has 0 aromatic heterocycles. The van der Waals surface area contributed by atoms with Crippen molar-refractivity contribution in [2.75, 3.05) is 34.0 Å². The number of allylic oxidation sites excluding steroid dienone is 1. The molecule has 5 aliphatic rings. The maximum atomic E-state index is 14.7. The number of carbonyl (C=O) groups excluding carboxylic acids is 1. The van der Waals surface area contributed by atoms with Crippen LogP contribution in [0.25, 0.3) is 0 Å². The Morgan fingerprint density at radius 2 is 1.71 bits per heavy atom. The van der Waals surface area contributed by atoms with E-state index in [2.05, 4.69) is 92.8 Å². The minimum Gasteiger partial charge on any atom is -0.461 e. The quantitative estimate of drug-likeness (QED) is 0.183. The number of carbonyl (C=O) groups is 1. The third kappa shape index (κ3) is 5.91. The molecule has 0 spiro atoms. The summed E-state index contributed by atoms with van der Waals surface area (Å²) < 4.78 is 26.5. The molecule has 4 aliphatic carbocycles. The van der Waals surface area contributed by atoms with Crippen molar-refractivity contribution in [3.63, 3.8) is 0 Å². The first-order valence-corrected chi connectivity index (χ1v) is 20.3. The second-order valence-electron chi connectivity index (χ2n) is 19.6. The molecule has 3 saturated carbocycles. The van der Waals surface area contributed by atoms with Crippen LogP contribution in [0.5, 0.6) is 0 Å². The average Bonchev–Trinajstić information content (AvgIpc) is 3.10. The van der Waals surface area contributed by atoms with Crippen LogP contribution in [-0.4, -0.2) is 57.7 Å². The van der Waals surface area contributed by atoms with E-state index in [1.807, 2.05) is 32.4 Å². The summed E-state index contributed by atoms with van der Waals surface area (Å²) in [7, 11) is 3.93. The molecular formula is C45H71NO5. The van der Waals surface area contributed by atoms with Crippen LogP contribution in [0.4, 0.5) is 0 Å². The van der Waals surface area contributed by atoms with E-state index in [4.69, 9.17) is 18.9 Å². The van der Waals surface area contributed by atoms with Crippen LogP contribution in [0.15, 0.2) is 42.0 Å². The van der Waals surface area contributed by atoms with E-state index in [-0.39, 0.29) is 56.7 Å². The molecule has 1 aromatic carbocycles. The van der Waals surface area contributed by atoms with Gasteiger partial charge in [0.05, 0.1) is 37.9 Å². The first kappa shape index (κ1) is 39.0. The van der Waals surface area contributed by atoms with Gasteiger partial charge in [0.2, 0.25) is 0 Å². The highest BCUT2D eigenvalue weighted by Crippen LogP contribution is 2.75. The van der Waals surface area contributed by atoms with E-state index in [0.717, 1.165) is 50.7 Å². The molecule has 1 aromatic rings. The van der Waals surface area contributed by atoms with Crippen molar-refractivity contribution in [1.82, 2.24) is 5.32 Å². The zero-order valence-corrected chi connectivity index (χ0v) is 34.2. The first-order chi connectivity index (χ1) is 24.0. The lowest BCUT2D eigenvalue weighted by atomic mass is 9.34. The lowest BCUT2D eigenvalue weighted by Gasteiger charge is -2.71. The molecule has 1 aliphatic heterocycles. The summed E-state index contributed by atoms with van der Waals surface area (Å²) >= 11 is 0. The van der Waals surface area contributed by atoms with E-state index in [1.165, 1.54) is 0 Å². The molecule has 6 nitrogen and oxygen atoms in total. The van der Waals surface area contributed by atoms with Crippen molar-refractivity contribution in [3.05, 3.63) is 47.5 Å². The largest absolute Gasteiger partial charge is 0.461 e. The van der Waals surface area contributed by atoms with Gasteiger partial charge in [-0.3, -0.25) is 4.79 Å². The lowest BCUT2D eigenvalue weighted by molar-refractivity contribution is -0.270. The third-order valence-corrected chi connectivity index (χ3v) is 17.0. The van der Waals surface area contributed by atoms with Crippen LogP contribution in [0.1, 0.15) is 113 Å². The number of benzene rings is 1. The number of fused-ring (bicyclic) bond motifs is 3. The summed E-state index contributed by atoms with van der Waals surface area (Å²) in [5.41, 5.74) is 1.86. The molecular weight excluding hydrogens is 634 g/mol. The van der Waals surface area contributed by atoms with Crippen molar-refractivity contribution in [3.8, 4) is 0 Å². The maximum absolute atomic E-state index is 14.7. The second kappa shape index (κ2) is 13.8. The Kier molecular flexibility index (Phi) is 10.6. The summed E-state index contributed by atoms with van der Waals surface area (Å²) in [6, 6.07) is 10.2. The molecule has 1 saturated heterocycles. The van der Waals surface area contributed by atoms with Gasteiger partial charge in [-0.2, -0.15) is 0 Å². The van der Waals surface area contributed by atoms with Gasteiger partial charge in [0.25, 0.3) is 0 Å². The van der Waals surface area contributed by atoms with Gasteiger partial charge < -0.3 is 24.3 Å². The Hall–Kier alpha value is -1.73. The van der Waals surface area contributed by atoms with Gasteiger partial charge in [-0.15, -0.1) is 0 Å². The molecule has 1 N–H and O–H groups in total. The van der Waals surface area contributed by atoms with Crippen LogP contribution in [0.2, 0.25) is 0 Å². The second-order valence-corrected chi connectivity index (χ2v) is 19.6. The molecule has 6 rings (SSSR count). The van der Waals surface area contributed by atoms with E-state index in [1.54, 1.807) is 5.57 Å². The average molecular weight is 706 g/mol. The molecule has 2 bridgehead atoms. The maximum Gasteiger partial charge on any atom is 0.310 e. The van der Waals surface area contributed by atoms with E-state index in [9.17, 15) is 4.79 Å². The highest BCUT2D eigenvalue weighted by Gasteiger charge is 2.72. The highest BCUT2D eigenvalue weighted by molar-refractivity contribution is 5.75. The standard InChI is InChI=1S/C45H71NO5/c1-29(2)31(5)40(6)22-23-42(8)33-18-19-36-41(7)26-49-28-45(36,24-35(48-12)38(41)51-27-44(10,46-11)30(3)4)34(33)20-21-43(42,9)37(40)39(47)50-25-32-16-14-13-15-17-32/h13-17,20,29-31,33,35-38,46H,18-19,21-28H2,1-12H3/t31-,33+,35-,36+,37-,38+,40-,41-,42-,43+,44-,45+/m1/s1.